The van der Waals surface area contributed by atoms with E-state index < -0.39 is 32.7 Å². The summed E-state index contributed by atoms with van der Waals surface area (Å²) in [4.78, 5) is 28.9. The third kappa shape index (κ3) is 4.90. The number of carbonyl (C=O) groups is 2. The molecular formula is C19H19N3O5S2. The van der Waals surface area contributed by atoms with E-state index in [0.717, 1.165) is 4.70 Å². The van der Waals surface area contributed by atoms with Crippen LogP contribution >= 0.6 is 11.3 Å². The number of anilines is 2. The lowest BCUT2D eigenvalue weighted by Gasteiger charge is -2.13. The minimum Gasteiger partial charge on any atom is -0.495 e. The summed E-state index contributed by atoms with van der Waals surface area (Å²) in [5, 5.41) is 3.89. The standard InChI is InChI=1S/C19H19N3O5S2/c1-12(18(24)22-19-21-14-8-4-6-10-16(14)28-19)29(25,26)11-17(23)20-13-7-3-5-9-15(13)27-2/h3-10,12H,11H2,1-2H3,(H,20,23)(H,21,22,24). The van der Waals surface area contributed by atoms with Gasteiger partial charge in [0, 0.05) is 0 Å². The topological polar surface area (TPSA) is 114 Å². The first-order valence-electron chi connectivity index (χ1n) is 8.61. The molecule has 0 saturated heterocycles. The summed E-state index contributed by atoms with van der Waals surface area (Å²) < 4.78 is 31.0. The van der Waals surface area contributed by atoms with Crippen LogP contribution in [0.5, 0.6) is 5.75 Å². The smallest absolute Gasteiger partial charge is 0.244 e. The van der Waals surface area contributed by atoms with Gasteiger partial charge in [0.1, 0.15) is 16.8 Å². The van der Waals surface area contributed by atoms with Gasteiger partial charge in [-0.05, 0) is 31.2 Å². The Morgan fingerprint density at radius 3 is 2.52 bits per heavy atom. The molecule has 1 atom stereocenters. The minimum absolute atomic E-state index is 0.303. The molecule has 0 aliphatic carbocycles. The van der Waals surface area contributed by atoms with Crippen molar-refractivity contribution in [3.63, 3.8) is 0 Å². The average Bonchev–Trinajstić information content (AvgIpc) is 3.09. The molecule has 1 unspecified atom stereocenters. The van der Waals surface area contributed by atoms with Crippen LogP contribution in [0.2, 0.25) is 0 Å². The van der Waals surface area contributed by atoms with Crippen molar-refractivity contribution < 1.29 is 22.7 Å². The molecule has 1 heterocycles. The van der Waals surface area contributed by atoms with Gasteiger partial charge in [-0.1, -0.05) is 35.6 Å². The third-order valence-corrected chi connectivity index (χ3v) is 7.05. The molecule has 0 bridgehead atoms. The number of hydrogen-bond acceptors (Lipinski definition) is 7. The molecule has 10 heteroatoms. The maximum absolute atomic E-state index is 12.5. The molecule has 3 aromatic rings. The zero-order chi connectivity index (χ0) is 21.0. The lowest BCUT2D eigenvalue weighted by atomic mass is 10.3. The van der Waals surface area contributed by atoms with Crippen LogP contribution in [0.1, 0.15) is 6.92 Å². The first-order chi connectivity index (χ1) is 13.8. The van der Waals surface area contributed by atoms with Crippen molar-refractivity contribution in [2.45, 2.75) is 12.2 Å². The first kappa shape index (κ1) is 20.7. The van der Waals surface area contributed by atoms with E-state index in [9.17, 15) is 18.0 Å². The Bertz CT molecular complexity index is 1120. The maximum Gasteiger partial charge on any atom is 0.244 e. The highest BCUT2D eigenvalue weighted by Gasteiger charge is 2.31. The van der Waals surface area contributed by atoms with Gasteiger partial charge in [-0.2, -0.15) is 0 Å². The van der Waals surface area contributed by atoms with Crippen LogP contribution in [0.3, 0.4) is 0 Å². The highest BCUT2D eigenvalue weighted by molar-refractivity contribution is 7.93. The number of hydrogen-bond donors (Lipinski definition) is 2. The van der Waals surface area contributed by atoms with Crippen LogP contribution in [0.25, 0.3) is 10.2 Å². The van der Waals surface area contributed by atoms with Crippen molar-refractivity contribution in [1.82, 2.24) is 4.98 Å². The quantitative estimate of drug-likeness (QED) is 0.592. The number of benzene rings is 2. The van der Waals surface area contributed by atoms with Gasteiger partial charge in [-0.15, -0.1) is 0 Å². The van der Waals surface area contributed by atoms with E-state index in [-0.39, 0.29) is 0 Å². The molecule has 2 N–H and O–H groups in total. The second-order valence-electron chi connectivity index (χ2n) is 6.17. The van der Waals surface area contributed by atoms with E-state index >= 15 is 0 Å². The molecule has 29 heavy (non-hydrogen) atoms. The fraction of sp³-hybridized carbons (Fsp3) is 0.211. The predicted octanol–water partition coefficient (Wildman–Crippen LogP) is 2.69. The molecule has 0 spiro atoms. The van der Waals surface area contributed by atoms with Crippen molar-refractivity contribution in [2.75, 3.05) is 23.5 Å². The number of fused-ring (bicyclic) bond motifs is 1. The summed E-state index contributed by atoms with van der Waals surface area (Å²) in [7, 11) is -2.60. The Kier molecular flexibility index (Phi) is 6.14. The van der Waals surface area contributed by atoms with Crippen molar-refractivity contribution in [3.05, 3.63) is 48.5 Å². The summed E-state index contributed by atoms with van der Waals surface area (Å²) in [6.07, 6.45) is 0. The molecule has 0 radical (unpaired) electrons. The van der Waals surface area contributed by atoms with Gasteiger partial charge >= 0.3 is 0 Å². The maximum atomic E-state index is 12.5. The van der Waals surface area contributed by atoms with Crippen molar-refractivity contribution in [1.29, 1.82) is 0 Å². The number of thiazole rings is 1. The fourth-order valence-corrected chi connectivity index (χ4v) is 4.48. The van der Waals surface area contributed by atoms with E-state index in [0.29, 0.717) is 22.1 Å². The number of para-hydroxylation sites is 3. The van der Waals surface area contributed by atoms with Gasteiger partial charge in [0.15, 0.2) is 15.0 Å². The molecule has 2 aromatic carbocycles. The number of sulfone groups is 1. The predicted molar refractivity (Wildman–Crippen MR) is 113 cm³/mol. The van der Waals surface area contributed by atoms with E-state index in [4.69, 9.17) is 4.74 Å². The van der Waals surface area contributed by atoms with Crippen molar-refractivity contribution in [3.8, 4) is 5.75 Å². The Labute approximate surface area is 171 Å². The van der Waals surface area contributed by atoms with Crippen LogP contribution in [0.4, 0.5) is 10.8 Å². The molecule has 1 aromatic heterocycles. The van der Waals surface area contributed by atoms with Crippen LogP contribution in [-0.4, -0.2) is 43.3 Å². The molecule has 3 rings (SSSR count). The Morgan fingerprint density at radius 1 is 1.10 bits per heavy atom. The lowest BCUT2D eigenvalue weighted by molar-refractivity contribution is -0.115. The number of aromatic nitrogens is 1. The van der Waals surface area contributed by atoms with E-state index in [1.807, 2.05) is 18.2 Å². The number of carbonyl (C=O) groups excluding carboxylic acids is 2. The number of nitrogens with zero attached hydrogens (tertiary/aromatic N) is 1. The minimum atomic E-state index is -4.04. The molecule has 8 nitrogen and oxygen atoms in total. The number of rotatable bonds is 7. The number of methoxy groups -OCH3 is 1. The number of nitrogens with one attached hydrogen (secondary N) is 2. The first-order valence-corrected chi connectivity index (χ1v) is 11.1. The normalized spacial score (nSPS) is 12.3. The summed E-state index contributed by atoms with van der Waals surface area (Å²) in [5.74, 6) is -1.93. The Hall–Kier alpha value is -2.98. The van der Waals surface area contributed by atoms with Gasteiger partial charge in [0.05, 0.1) is 23.0 Å². The number of ether oxygens (including phenoxy) is 1. The molecule has 152 valence electrons. The monoisotopic (exact) mass is 433 g/mol. The molecule has 0 aliphatic heterocycles. The zero-order valence-corrected chi connectivity index (χ0v) is 17.3. The second kappa shape index (κ2) is 8.58. The molecule has 0 saturated carbocycles. The van der Waals surface area contributed by atoms with Gasteiger partial charge in [0.2, 0.25) is 11.8 Å². The molecule has 2 amide bonds. The fourth-order valence-electron chi connectivity index (χ4n) is 2.54. The zero-order valence-electron chi connectivity index (χ0n) is 15.7. The van der Waals surface area contributed by atoms with Gasteiger partial charge in [-0.3, -0.25) is 9.59 Å². The van der Waals surface area contributed by atoms with Crippen LogP contribution < -0.4 is 15.4 Å². The van der Waals surface area contributed by atoms with Crippen LogP contribution in [0.15, 0.2) is 48.5 Å². The Morgan fingerprint density at radius 2 is 1.79 bits per heavy atom. The van der Waals surface area contributed by atoms with Gasteiger partial charge in [-0.25, -0.2) is 13.4 Å². The molecule has 0 fully saturated rings. The molecule has 0 aliphatic rings. The van der Waals surface area contributed by atoms with Crippen molar-refractivity contribution >= 4 is 54.0 Å². The summed E-state index contributed by atoms with van der Waals surface area (Å²) in [6.45, 7) is 1.24. The summed E-state index contributed by atoms with van der Waals surface area (Å²) in [6, 6.07) is 13.9. The number of amides is 2. The van der Waals surface area contributed by atoms with E-state index in [2.05, 4.69) is 15.6 Å². The van der Waals surface area contributed by atoms with Gasteiger partial charge in [0.25, 0.3) is 0 Å². The highest BCUT2D eigenvalue weighted by atomic mass is 32.2. The van der Waals surface area contributed by atoms with Crippen LogP contribution in [-0.2, 0) is 19.4 Å². The lowest BCUT2D eigenvalue weighted by Crippen LogP contribution is -2.37. The third-order valence-electron chi connectivity index (χ3n) is 4.15. The largest absolute Gasteiger partial charge is 0.495 e. The summed E-state index contributed by atoms with van der Waals surface area (Å²) >= 11 is 1.24. The van der Waals surface area contributed by atoms with Crippen molar-refractivity contribution in [2.24, 2.45) is 0 Å². The van der Waals surface area contributed by atoms with E-state index in [1.165, 1.54) is 25.4 Å². The summed E-state index contributed by atoms with van der Waals surface area (Å²) in [5.41, 5.74) is 1.06. The SMILES string of the molecule is COc1ccccc1NC(=O)CS(=O)(=O)C(C)C(=O)Nc1nc2ccccc2s1. The Balaban J connectivity index is 1.65. The van der Waals surface area contributed by atoms with E-state index in [1.54, 1.807) is 30.3 Å². The van der Waals surface area contributed by atoms with Gasteiger partial charge < -0.3 is 15.4 Å². The molecular weight excluding hydrogens is 414 g/mol. The second-order valence-corrected chi connectivity index (χ2v) is 9.53. The average molecular weight is 434 g/mol. The highest BCUT2D eigenvalue weighted by Crippen LogP contribution is 2.26. The van der Waals surface area contributed by atoms with Crippen LogP contribution in [0, 0.1) is 0 Å².